The molecule has 0 aliphatic rings. The van der Waals surface area contributed by atoms with Crippen LogP contribution in [0.2, 0.25) is 19.1 Å². The predicted octanol–water partition coefficient (Wildman–Crippen LogP) is 3.58. The molecule has 1 nitrogen and oxygen atoms in total. The highest BCUT2D eigenvalue weighted by atomic mass is 28.4. The fourth-order valence-corrected chi connectivity index (χ4v) is 2.97. The Kier molecular flexibility index (Phi) is 6.39. The van der Waals surface area contributed by atoms with Crippen LogP contribution in [0.1, 0.15) is 26.7 Å². The SMILES string of the molecule is CCC=CCC[Si](C)(C)OCC. The smallest absolute Gasteiger partial charge is 0.186 e. The molecule has 0 aromatic carbocycles. The van der Waals surface area contributed by atoms with Gasteiger partial charge in [-0.15, -0.1) is 0 Å². The Labute approximate surface area is 78.0 Å². The van der Waals surface area contributed by atoms with Gasteiger partial charge >= 0.3 is 0 Å². The molecule has 0 heterocycles. The van der Waals surface area contributed by atoms with Crippen molar-refractivity contribution in [1.82, 2.24) is 0 Å². The molecular formula is C10H22OSi. The fourth-order valence-electron chi connectivity index (χ4n) is 1.18. The zero-order valence-electron chi connectivity index (χ0n) is 8.89. The minimum Gasteiger partial charge on any atom is -0.418 e. The Hall–Kier alpha value is -0.0831. The summed E-state index contributed by atoms with van der Waals surface area (Å²) in [6, 6.07) is 1.25. The molecule has 2 heteroatoms. The van der Waals surface area contributed by atoms with Crippen molar-refractivity contribution in [2.45, 2.75) is 45.8 Å². The van der Waals surface area contributed by atoms with E-state index in [0.717, 1.165) is 13.0 Å². The lowest BCUT2D eigenvalue weighted by Gasteiger charge is -2.20. The van der Waals surface area contributed by atoms with E-state index in [9.17, 15) is 0 Å². The van der Waals surface area contributed by atoms with Gasteiger partial charge in [-0.3, -0.25) is 0 Å². The van der Waals surface area contributed by atoms with E-state index in [0.29, 0.717) is 0 Å². The molecule has 0 amide bonds. The van der Waals surface area contributed by atoms with Crippen LogP contribution in [0.4, 0.5) is 0 Å². The van der Waals surface area contributed by atoms with Crippen molar-refractivity contribution >= 4 is 8.32 Å². The maximum atomic E-state index is 5.71. The Balaban J connectivity index is 3.53. The van der Waals surface area contributed by atoms with Crippen molar-refractivity contribution in [3.05, 3.63) is 12.2 Å². The largest absolute Gasteiger partial charge is 0.418 e. The molecule has 0 aromatic heterocycles. The first-order valence-corrected chi connectivity index (χ1v) is 8.03. The zero-order valence-corrected chi connectivity index (χ0v) is 9.89. The summed E-state index contributed by atoms with van der Waals surface area (Å²) >= 11 is 0. The van der Waals surface area contributed by atoms with E-state index in [4.69, 9.17) is 4.43 Å². The van der Waals surface area contributed by atoms with Gasteiger partial charge in [0.1, 0.15) is 0 Å². The second-order valence-electron chi connectivity index (χ2n) is 3.61. The normalized spacial score (nSPS) is 12.7. The maximum absolute atomic E-state index is 5.71. The minimum absolute atomic E-state index is 0.872. The van der Waals surface area contributed by atoms with Crippen LogP contribution in [-0.4, -0.2) is 14.9 Å². The first-order valence-electron chi connectivity index (χ1n) is 4.91. The predicted molar refractivity (Wildman–Crippen MR) is 58.0 cm³/mol. The van der Waals surface area contributed by atoms with Gasteiger partial charge in [-0.1, -0.05) is 19.1 Å². The quantitative estimate of drug-likeness (QED) is 0.455. The highest BCUT2D eigenvalue weighted by Crippen LogP contribution is 2.13. The van der Waals surface area contributed by atoms with Gasteiger partial charge in [0.05, 0.1) is 0 Å². The summed E-state index contributed by atoms with van der Waals surface area (Å²) in [5.41, 5.74) is 0. The van der Waals surface area contributed by atoms with E-state index in [1.54, 1.807) is 0 Å². The molecule has 0 saturated carbocycles. The third-order valence-electron chi connectivity index (χ3n) is 1.85. The maximum Gasteiger partial charge on any atom is 0.186 e. The van der Waals surface area contributed by atoms with E-state index in [1.165, 1.54) is 12.5 Å². The van der Waals surface area contributed by atoms with Crippen molar-refractivity contribution < 1.29 is 4.43 Å². The van der Waals surface area contributed by atoms with Crippen LogP contribution >= 0.6 is 0 Å². The summed E-state index contributed by atoms with van der Waals surface area (Å²) in [6.45, 7) is 9.70. The lowest BCUT2D eigenvalue weighted by molar-refractivity contribution is 0.329. The monoisotopic (exact) mass is 186 g/mol. The number of rotatable bonds is 6. The van der Waals surface area contributed by atoms with Gasteiger partial charge in [0.2, 0.25) is 0 Å². The average molecular weight is 186 g/mol. The first kappa shape index (κ1) is 11.9. The molecule has 0 bridgehead atoms. The number of hydrogen-bond donors (Lipinski definition) is 0. The summed E-state index contributed by atoms with van der Waals surface area (Å²) in [7, 11) is -1.30. The first-order chi connectivity index (χ1) is 5.62. The van der Waals surface area contributed by atoms with Crippen LogP contribution in [-0.2, 0) is 4.43 Å². The van der Waals surface area contributed by atoms with Gasteiger partial charge < -0.3 is 4.43 Å². The van der Waals surface area contributed by atoms with Crippen molar-refractivity contribution in [3.63, 3.8) is 0 Å². The molecule has 0 fully saturated rings. The molecule has 12 heavy (non-hydrogen) atoms. The van der Waals surface area contributed by atoms with Gasteiger partial charge in [0, 0.05) is 6.61 Å². The van der Waals surface area contributed by atoms with E-state index in [1.807, 2.05) is 0 Å². The molecule has 0 saturated heterocycles. The fraction of sp³-hybridized carbons (Fsp3) is 0.800. The molecule has 0 radical (unpaired) electrons. The molecule has 0 aliphatic carbocycles. The Morgan fingerprint density at radius 2 is 1.83 bits per heavy atom. The van der Waals surface area contributed by atoms with Gasteiger partial charge in [-0.05, 0) is 38.9 Å². The van der Waals surface area contributed by atoms with Gasteiger partial charge in [-0.2, -0.15) is 0 Å². The van der Waals surface area contributed by atoms with Crippen molar-refractivity contribution in [2.24, 2.45) is 0 Å². The van der Waals surface area contributed by atoms with Crippen LogP contribution in [0.15, 0.2) is 12.2 Å². The molecule has 0 aromatic rings. The Morgan fingerprint density at radius 1 is 1.17 bits per heavy atom. The van der Waals surface area contributed by atoms with Gasteiger partial charge in [-0.25, -0.2) is 0 Å². The topological polar surface area (TPSA) is 9.23 Å². The highest BCUT2D eigenvalue weighted by Gasteiger charge is 2.19. The van der Waals surface area contributed by atoms with E-state index in [2.05, 4.69) is 39.1 Å². The van der Waals surface area contributed by atoms with Gasteiger partial charge in [0.25, 0.3) is 0 Å². The van der Waals surface area contributed by atoms with Crippen molar-refractivity contribution in [2.75, 3.05) is 6.61 Å². The summed E-state index contributed by atoms with van der Waals surface area (Å²) < 4.78 is 5.71. The summed E-state index contributed by atoms with van der Waals surface area (Å²) in [5, 5.41) is 0. The third kappa shape index (κ3) is 6.62. The second-order valence-corrected chi connectivity index (χ2v) is 7.92. The van der Waals surface area contributed by atoms with Crippen molar-refractivity contribution in [3.8, 4) is 0 Å². The summed E-state index contributed by atoms with van der Waals surface area (Å²) in [5.74, 6) is 0. The molecule has 0 unspecified atom stereocenters. The minimum atomic E-state index is -1.30. The lowest BCUT2D eigenvalue weighted by Crippen LogP contribution is -2.29. The number of hydrogen-bond acceptors (Lipinski definition) is 1. The lowest BCUT2D eigenvalue weighted by atomic mass is 10.4. The Morgan fingerprint density at radius 3 is 2.33 bits per heavy atom. The second kappa shape index (κ2) is 6.43. The van der Waals surface area contributed by atoms with Crippen LogP contribution in [0.5, 0.6) is 0 Å². The standard InChI is InChI=1S/C10H22OSi/c1-5-7-8-9-10-12(3,4)11-6-2/h7-8H,5-6,9-10H2,1-4H3. The van der Waals surface area contributed by atoms with Crippen LogP contribution in [0.25, 0.3) is 0 Å². The molecule has 72 valence electrons. The van der Waals surface area contributed by atoms with E-state index in [-0.39, 0.29) is 0 Å². The van der Waals surface area contributed by atoms with Crippen LogP contribution in [0.3, 0.4) is 0 Å². The number of allylic oxidation sites excluding steroid dienone is 2. The van der Waals surface area contributed by atoms with Crippen molar-refractivity contribution in [1.29, 1.82) is 0 Å². The molecule has 0 N–H and O–H groups in total. The van der Waals surface area contributed by atoms with Crippen LogP contribution < -0.4 is 0 Å². The average Bonchev–Trinajstić information content (AvgIpc) is 1.98. The summed E-state index contributed by atoms with van der Waals surface area (Å²) in [6.07, 6.45) is 6.84. The van der Waals surface area contributed by atoms with E-state index >= 15 is 0 Å². The molecule has 0 rings (SSSR count). The van der Waals surface area contributed by atoms with Gasteiger partial charge in [0.15, 0.2) is 8.32 Å². The zero-order chi connectivity index (χ0) is 9.45. The molecule has 0 atom stereocenters. The third-order valence-corrected chi connectivity index (χ3v) is 4.41. The van der Waals surface area contributed by atoms with Crippen LogP contribution in [0, 0.1) is 0 Å². The Bertz CT molecular complexity index is 130. The van der Waals surface area contributed by atoms with E-state index < -0.39 is 8.32 Å². The molecule has 0 spiro atoms. The molecule has 0 aliphatic heterocycles. The molecular weight excluding hydrogens is 164 g/mol. The summed E-state index contributed by atoms with van der Waals surface area (Å²) in [4.78, 5) is 0. The highest BCUT2D eigenvalue weighted by molar-refractivity contribution is 6.71.